The molecule has 2 aromatic rings. The van der Waals surface area contributed by atoms with Gasteiger partial charge in [-0.1, -0.05) is 35.9 Å². The van der Waals surface area contributed by atoms with Crippen molar-refractivity contribution in [2.45, 2.75) is 31.7 Å². The van der Waals surface area contributed by atoms with Crippen LogP contribution in [0.2, 0.25) is 4.34 Å². The maximum Gasteiger partial charge on any atom is 0.407 e. The lowest BCUT2D eigenvalue weighted by Gasteiger charge is -2.19. The quantitative estimate of drug-likeness (QED) is 0.465. The highest BCUT2D eigenvalue weighted by molar-refractivity contribution is 7.18. The highest BCUT2D eigenvalue weighted by atomic mass is 35.5. The van der Waals surface area contributed by atoms with E-state index in [1.165, 1.54) is 11.1 Å². The summed E-state index contributed by atoms with van der Waals surface area (Å²) in [7, 11) is 2.10. The van der Waals surface area contributed by atoms with E-state index < -0.39 is 23.9 Å². The molecule has 0 radical (unpaired) electrons. The Labute approximate surface area is 225 Å². The zero-order valence-electron chi connectivity index (χ0n) is 20.7. The Hall–Kier alpha value is -3.14. The van der Waals surface area contributed by atoms with Crippen molar-refractivity contribution in [1.82, 2.24) is 15.5 Å². The molecule has 2 aliphatic rings. The summed E-state index contributed by atoms with van der Waals surface area (Å²) in [4.78, 5) is 40.9. The molecule has 1 aliphatic carbocycles. The third kappa shape index (κ3) is 7.92. The number of alkyl carbamates (subject to hydrolysis) is 1. The number of halogens is 1. The summed E-state index contributed by atoms with van der Waals surface area (Å²) < 4.78 is 5.74. The molecule has 0 bridgehead atoms. The van der Waals surface area contributed by atoms with Crippen molar-refractivity contribution in [3.63, 3.8) is 0 Å². The molecule has 0 saturated carbocycles. The van der Waals surface area contributed by atoms with Crippen LogP contribution >= 0.6 is 22.9 Å². The Balaban J connectivity index is 1.40. The maximum atomic E-state index is 13.2. The molecule has 196 valence electrons. The maximum absolute atomic E-state index is 13.2. The minimum atomic E-state index is -1.03. The van der Waals surface area contributed by atoms with Crippen molar-refractivity contribution >= 4 is 46.5 Å². The van der Waals surface area contributed by atoms with Crippen LogP contribution in [0.25, 0.3) is 0 Å². The molecule has 8 nitrogen and oxygen atoms in total. The predicted octanol–water partition coefficient (Wildman–Crippen LogP) is 4.17. The third-order valence-corrected chi connectivity index (χ3v) is 7.54. The van der Waals surface area contributed by atoms with Crippen molar-refractivity contribution in [2.75, 3.05) is 38.6 Å². The van der Waals surface area contributed by atoms with Gasteiger partial charge in [-0.25, -0.2) is 4.79 Å². The Morgan fingerprint density at radius 1 is 1.11 bits per heavy atom. The van der Waals surface area contributed by atoms with Crippen LogP contribution in [-0.4, -0.2) is 62.1 Å². The van der Waals surface area contributed by atoms with Crippen LogP contribution in [0.5, 0.6) is 0 Å². The first kappa shape index (κ1) is 26.9. The summed E-state index contributed by atoms with van der Waals surface area (Å²) in [5.41, 5.74) is 4.04. The molecular weight excluding hydrogens is 512 g/mol. The van der Waals surface area contributed by atoms with E-state index in [-0.39, 0.29) is 13.2 Å². The number of hydrogen-bond acceptors (Lipinski definition) is 6. The largest absolute Gasteiger partial charge is 0.445 e. The molecule has 1 atom stereocenters. The van der Waals surface area contributed by atoms with Gasteiger partial charge in [0.15, 0.2) is 0 Å². The van der Waals surface area contributed by atoms with Crippen molar-refractivity contribution in [2.24, 2.45) is 0 Å². The van der Waals surface area contributed by atoms with Gasteiger partial charge in [-0.15, -0.1) is 11.3 Å². The first-order valence-electron chi connectivity index (χ1n) is 12.3. The number of ether oxygens (including phenoxy) is 1. The summed E-state index contributed by atoms with van der Waals surface area (Å²) >= 11 is 7.08. The van der Waals surface area contributed by atoms with Gasteiger partial charge in [-0.3, -0.25) is 9.59 Å². The SMILES string of the molecule is CN1CCc2ccc(NC(=O)[C@@H](CNC(=O)OCC3=CCCC=C3)NC(=O)c3ccc(Cl)s3)cc2CC1. The summed E-state index contributed by atoms with van der Waals surface area (Å²) in [6.07, 6.45) is 9.06. The van der Waals surface area contributed by atoms with Crippen molar-refractivity contribution in [3.05, 3.63) is 74.5 Å². The minimum absolute atomic E-state index is 0.139. The fourth-order valence-corrected chi connectivity index (χ4v) is 5.13. The van der Waals surface area contributed by atoms with Crippen LogP contribution in [-0.2, 0) is 22.4 Å². The van der Waals surface area contributed by atoms with Gasteiger partial charge in [0, 0.05) is 18.8 Å². The number of allylic oxidation sites excluding steroid dienone is 2. The number of carbonyl (C=O) groups is 3. The zero-order valence-corrected chi connectivity index (χ0v) is 22.3. The van der Waals surface area contributed by atoms with Crippen LogP contribution < -0.4 is 16.0 Å². The van der Waals surface area contributed by atoms with E-state index in [9.17, 15) is 14.4 Å². The topological polar surface area (TPSA) is 99.8 Å². The molecule has 3 N–H and O–H groups in total. The number of hydrogen-bond donors (Lipinski definition) is 3. The highest BCUT2D eigenvalue weighted by Crippen LogP contribution is 2.22. The number of amides is 3. The van der Waals surface area contributed by atoms with Gasteiger partial charge in [0.1, 0.15) is 12.6 Å². The number of likely N-dealkylation sites (N-methyl/N-ethyl adjacent to an activating group) is 1. The Morgan fingerprint density at radius 3 is 2.65 bits per heavy atom. The molecule has 1 aliphatic heterocycles. The van der Waals surface area contributed by atoms with Gasteiger partial charge in [-0.05, 0) is 73.7 Å². The van der Waals surface area contributed by atoms with Crippen molar-refractivity contribution in [1.29, 1.82) is 0 Å². The molecule has 3 amide bonds. The highest BCUT2D eigenvalue weighted by Gasteiger charge is 2.24. The Kier molecular flexibility index (Phi) is 9.38. The van der Waals surface area contributed by atoms with Crippen LogP contribution in [0.15, 0.2) is 54.1 Å². The Bertz CT molecular complexity index is 1210. The molecule has 1 aromatic carbocycles. The van der Waals surface area contributed by atoms with Crippen molar-refractivity contribution < 1.29 is 19.1 Å². The number of fused-ring (bicyclic) bond motifs is 1. The van der Waals surface area contributed by atoms with E-state index in [4.69, 9.17) is 16.3 Å². The smallest absolute Gasteiger partial charge is 0.407 e. The zero-order chi connectivity index (χ0) is 26.2. The van der Waals surface area contributed by atoms with Gasteiger partial charge in [-0.2, -0.15) is 0 Å². The lowest BCUT2D eigenvalue weighted by molar-refractivity contribution is -0.117. The molecule has 0 saturated heterocycles. The first-order chi connectivity index (χ1) is 17.9. The molecule has 0 spiro atoms. The number of anilines is 1. The average molecular weight is 543 g/mol. The van der Waals surface area contributed by atoms with Crippen LogP contribution in [0.1, 0.15) is 33.6 Å². The summed E-state index contributed by atoms with van der Waals surface area (Å²) in [5.74, 6) is -0.894. The lowest BCUT2D eigenvalue weighted by Crippen LogP contribution is -2.50. The van der Waals surface area contributed by atoms with Gasteiger partial charge in [0.05, 0.1) is 15.8 Å². The molecule has 2 heterocycles. The Morgan fingerprint density at radius 2 is 1.92 bits per heavy atom. The van der Waals surface area contributed by atoms with E-state index >= 15 is 0 Å². The predicted molar refractivity (Wildman–Crippen MR) is 146 cm³/mol. The molecular formula is C27H31ClN4O4S. The number of benzene rings is 1. The van der Waals surface area contributed by atoms with Crippen molar-refractivity contribution in [3.8, 4) is 0 Å². The van der Waals surface area contributed by atoms with Crippen LogP contribution in [0.3, 0.4) is 0 Å². The van der Waals surface area contributed by atoms with E-state index in [0.717, 1.165) is 55.7 Å². The second-order valence-corrected chi connectivity index (χ2v) is 10.8. The molecule has 4 rings (SSSR count). The summed E-state index contributed by atoms with van der Waals surface area (Å²) in [6.45, 7) is 1.95. The summed E-state index contributed by atoms with van der Waals surface area (Å²) in [6, 6.07) is 8.07. The lowest BCUT2D eigenvalue weighted by atomic mass is 10.0. The average Bonchev–Trinajstić information content (AvgIpc) is 3.25. The number of carbonyl (C=O) groups excluding carboxylic acids is 3. The van der Waals surface area contributed by atoms with E-state index in [0.29, 0.717) is 14.9 Å². The fourth-order valence-electron chi connectivity index (χ4n) is 4.18. The molecule has 0 unspecified atom stereocenters. The van der Waals surface area contributed by atoms with Gasteiger partial charge in [0.25, 0.3) is 5.91 Å². The molecule has 37 heavy (non-hydrogen) atoms. The third-order valence-electron chi connectivity index (χ3n) is 6.31. The van der Waals surface area contributed by atoms with Crippen LogP contribution in [0, 0.1) is 0 Å². The van der Waals surface area contributed by atoms with E-state index in [1.54, 1.807) is 12.1 Å². The molecule has 1 aromatic heterocycles. The number of nitrogens with one attached hydrogen (secondary N) is 3. The van der Waals surface area contributed by atoms with Gasteiger partial charge >= 0.3 is 6.09 Å². The normalized spacial score (nSPS) is 16.1. The monoisotopic (exact) mass is 542 g/mol. The summed E-state index contributed by atoms with van der Waals surface area (Å²) in [5, 5.41) is 8.20. The first-order valence-corrected chi connectivity index (χ1v) is 13.5. The minimum Gasteiger partial charge on any atom is -0.445 e. The fraction of sp³-hybridized carbons (Fsp3) is 0.370. The van der Waals surface area contributed by atoms with E-state index in [1.807, 2.05) is 36.4 Å². The van der Waals surface area contributed by atoms with E-state index in [2.05, 4.69) is 27.9 Å². The second kappa shape index (κ2) is 12.9. The van der Waals surface area contributed by atoms with Crippen LogP contribution in [0.4, 0.5) is 10.5 Å². The van der Waals surface area contributed by atoms with Gasteiger partial charge in [0.2, 0.25) is 5.91 Å². The number of thiophene rings is 1. The van der Waals surface area contributed by atoms with Gasteiger partial charge < -0.3 is 25.6 Å². The number of nitrogens with zero attached hydrogens (tertiary/aromatic N) is 1. The standard InChI is InChI=1S/C27H31ClN4O4S/c1-32-13-11-19-7-8-21(15-20(19)12-14-32)30-25(33)22(31-26(34)23-9-10-24(28)37-23)16-29-27(35)36-17-18-5-3-2-4-6-18/h3,5-10,15,22H,2,4,11-14,16-17H2,1H3,(H,29,35)(H,30,33)(H,31,34)/t22-/m1/s1. The molecule has 10 heteroatoms. The second-order valence-electron chi connectivity index (χ2n) is 9.12. The number of rotatable bonds is 8. The molecule has 0 fully saturated rings.